The van der Waals surface area contributed by atoms with Crippen molar-refractivity contribution in [3.63, 3.8) is 0 Å². The van der Waals surface area contributed by atoms with Crippen LogP contribution < -0.4 is 4.90 Å². The summed E-state index contributed by atoms with van der Waals surface area (Å²) in [6, 6.07) is 1.63. The van der Waals surface area contributed by atoms with E-state index in [1.165, 1.54) is 32.0 Å². The molecule has 0 amide bonds. The number of rotatable bonds is 2. The average Bonchev–Trinajstić information content (AvgIpc) is 3.17. The van der Waals surface area contributed by atoms with Gasteiger partial charge in [-0.05, 0) is 30.7 Å². The Balaban J connectivity index is 1.65. The lowest BCUT2D eigenvalue weighted by Gasteiger charge is -2.24. The van der Waals surface area contributed by atoms with Crippen molar-refractivity contribution in [2.75, 3.05) is 18.0 Å². The van der Waals surface area contributed by atoms with Gasteiger partial charge in [0, 0.05) is 18.0 Å². The zero-order valence-corrected chi connectivity index (χ0v) is 13.5. The molecular formula is C16H18F3N3S. The van der Waals surface area contributed by atoms with Crippen LogP contribution in [0.2, 0.25) is 0 Å². The number of halogens is 3. The van der Waals surface area contributed by atoms with Crippen molar-refractivity contribution >= 4 is 27.4 Å². The second kappa shape index (κ2) is 5.33. The van der Waals surface area contributed by atoms with E-state index in [1.807, 2.05) is 0 Å². The zero-order valence-electron chi connectivity index (χ0n) is 12.7. The van der Waals surface area contributed by atoms with E-state index in [0.29, 0.717) is 15.1 Å². The molecule has 3 heterocycles. The number of hydrogen-bond acceptors (Lipinski definition) is 4. The van der Waals surface area contributed by atoms with Crippen molar-refractivity contribution in [1.29, 1.82) is 0 Å². The van der Waals surface area contributed by atoms with E-state index in [9.17, 15) is 13.2 Å². The van der Waals surface area contributed by atoms with Crippen LogP contribution in [0.25, 0.3) is 10.2 Å². The Kier molecular flexibility index (Phi) is 3.51. The van der Waals surface area contributed by atoms with Gasteiger partial charge >= 0.3 is 6.18 Å². The average molecular weight is 341 g/mol. The largest absolute Gasteiger partial charge is 0.393 e. The van der Waals surface area contributed by atoms with Gasteiger partial charge in [0.1, 0.15) is 17.0 Å². The van der Waals surface area contributed by atoms with Gasteiger partial charge in [-0.3, -0.25) is 0 Å². The first kappa shape index (κ1) is 15.2. The van der Waals surface area contributed by atoms with Gasteiger partial charge in [0.2, 0.25) is 0 Å². The molecule has 0 N–H and O–H groups in total. The molecule has 2 aromatic rings. The molecule has 23 heavy (non-hydrogen) atoms. The molecule has 0 atom stereocenters. The summed E-state index contributed by atoms with van der Waals surface area (Å²) in [6.07, 6.45) is 2.68. The molecule has 4 rings (SSSR count). The predicted octanol–water partition coefficient (Wildman–Crippen LogP) is 4.57. The highest BCUT2D eigenvalue weighted by Crippen LogP contribution is 2.47. The molecule has 7 heteroatoms. The summed E-state index contributed by atoms with van der Waals surface area (Å²) in [5.74, 6) is 0.809. The van der Waals surface area contributed by atoms with Crippen LogP contribution in [0.3, 0.4) is 0 Å². The summed E-state index contributed by atoms with van der Waals surface area (Å²) >= 11 is 1.12. The number of alkyl halides is 3. The first-order valence-electron chi connectivity index (χ1n) is 7.99. The van der Waals surface area contributed by atoms with Crippen LogP contribution in [0.15, 0.2) is 12.4 Å². The molecule has 1 aliphatic carbocycles. The maximum Gasteiger partial charge on any atom is 0.393 e. The smallest absolute Gasteiger partial charge is 0.355 e. The van der Waals surface area contributed by atoms with Gasteiger partial charge in [0.05, 0.1) is 11.8 Å². The number of nitrogens with zero attached hydrogens (tertiary/aromatic N) is 3. The lowest BCUT2D eigenvalue weighted by Crippen LogP contribution is -2.25. The fourth-order valence-corrected chi connectivity index (χ4v) is 5.10. The standard InChI is InChI=1S/C16H18F3N3S/c17-16(18,19)8-11-7-12-13(20-10-21-14(12)23-11)22-6-5-15(9-22)3-1-2-4-15/h7,10H,1-6,8-9H2. The van der Waals surface area contributed by atoms with E-state index in [1.54, 1.807) is 6.07 Å². The maximum absolute atomic E-state index is 12.6. The topological polar surface area (TPSA) is 29.0 Å². The second-order valence-electron chi connectivity index (χ2n) is 6.80. The van der Waals surface area contributed by atoms with E-state index in [-0.39, 0.29) is 0 Å². The summed E-state index contributed by atoms with van der Waals surface area (Å²) in [6.45, 7) is 1.92. The molecule has 1 saturated heterocycles. The monoisotopic (exact) mass is 341 g/mol. The Labute approximate surface area is 136 Å². The highest BCUT2D eigenvalue weighted by atomic mass is 32.1. The van der Waals surface area contributed by atoms with Gasteiger partial charge in [0.15, 0.2) is 0 Å². The molecule has 0 radical (unpaired) electrons. The third-order valence-electron chi connectivity index (χ3n) is 5.14. The van der Waals surface area contributed by atoms with Gasteiger partial charge < -0.3 is 4.90 Å². The molecule has 0 unspecified atom stereocenters. The quantitative estimate of drug-likeness (QED) is 0.801. The molecule has 2 fully saturated rings. The Morgan fingerprint density at radius 2 is 1.96 bits per heavy atom. The Bertz CT molecular complexity index is 719. The van der Waals surface area contributed by atoms with Crippen molar-refractivity contribution in [2.24, 2.45) is 5.41 Å². The van der Waals surface area contributed by atoms with Crippen molar-refractivity contribution < 1.29 is 13.2 Å². The van der Waals surface area contributed by atoms with Crippen LogP contribution in [0.5, 0.6) is 0 Å². The summed E-state index contributed by atoms with van der Waals surface area (Å²) in [7, 11) is 0. The summed E-state index contributed by atoms with van der Waals surface area (Å²) in [4.78, 5) is 11.8. The lowest BCUT2D eigenvalue weighted by atomic mass is 9.86. The summed E-state index contributed by atoms with van der Waals surface area (Å²) in [5, 5.41) is 0.770. The van der Waals surface area contributed by atoms with Crippen LogP contribution in [0.1, 0.15) is 37.0 Å². The highest BCUT2D eigenvalue weighted by Gasteiger charge is 2.41. The Morgan fingerprint density at radius 3 is 2.70 bits per heavy atom. The van der Waals surface area contributed by atoms with Gasteiger partial charge in [-0.25, -0.2) is 9.97 Å². The summed E-state index contributed by atoms with van der Waals surface area (Å²) in [5.41, 5.74) is 0.405. The van der Waals surface area contributed by atoms with Gasteiger partial charge in [0.25, 0.3) is 0 Å². The Morgan fingerprint density at radius 1 is 1.17 bits per heavy atom. The molecule has 3 nitrogen and oxygen atoms in total. The molecule has 124 valence electrons. The van der Waals surface area contributed by atoms with Crippen LogP contribution >= 0.6 is 11.3 Å². The van der Waals surface area contributed by atoms with Gasteiger partial charge in [-0.1, -0.05) is 12.8 Å². The minimum absolute atomic E-state index is 0.309. The zero-order chi connectivity index (χ0) is 16.1. The molecule has 2 aromatic heterocycles. The Hall–Kier alpha value is -1.37. The fraction of sp³-hybridized carbons (Fsp3) is 0.625. The SMILES string of the molecule is FC(F)(F)Cc1cc2c(N3CCC4(CCCC4)C3)ncnc2s1. The van der Waals surface area contributed by atoms with Crippen LogP contribution in [0.4, 0.5) is 19.0 Å². The van der Waals surface area contributed by atoms with E-state index >= 15 is 0 Å². The van der Waals surface area contributed by atoms with E-state index in [4.69, 9.17) is 0 Å². The van der Waals surface area contributed by atoms with Crippen molar-refractivity contribution in [3.05, 3.63) is 17.3 Å². The number of anilines is 1. The molecule has 0 bridgehead atoms. The van der Waals surface area contributed by atoms with Crippen molar-refractivity contribution in [1.82, 2.24) is 9.97 Å². The molecule has 2 aliphatic rings. The normalized spacial score (nSPS) is 20.9. The van der Waals surface area contributed by atoms with Crippen LogP contribution in [0, 0.1) is 5.41 Å². The first-order chi connectivity index (χ1) is 10.9. The molecular weight excluding hydrogens is 323 g/mol. The molecule has 1 saturated carbocycles. The molecule has 1 aliphatic heterocycles. The van der Waals surface area contributed by atoms with Gasteiger partial charge in [-0.15, -0.1) is 11.3 Å². The number of hydrogen-bond donors (Lipinski definition) is 0. The maximum atomic E-state index is 12.6. The van der Waals surface area contributed by atoms with E-state index < -0.39 is 12.6 Å². The summed E-state index contributed by atoms with van der Waals surface area (Å²) < 4.78 is 37.9. The predicted molar refractivity (Wildman–Crippen MR) is 84.9 cm³/mol. The molecule has 1 spiro atoms. The van der Waals surface area contributed by atoms with Crippen molar-refractivity contribution in [3.8, 4) is 0 Å². The first-order valence-corrected chi connectivity index (χ1v) is 8.81. The lowest BCUT2D eigenvalue weighted by molar-refractivity contribution is -0.126. The highest BCUT2D eigenvalue weighted by molar-refractivity contribution is 7.18. The van der Waals surface area contributed by atoms with E-state index in [0.717, 1.165) is 42.1 Å². The molecule has 0 aromatic carbocycles. The minimum atomic E-state index is -4.18. The van der Waals surface area contributed by atoms with Crippen molar-refractivity contribution in [2.45, 2.75) is 44.7 Å². The van der Waals surface area contributed by atoms with Crippen LogP contribution in [-0.4, -0.2) is 29.2 Å². The van der Waals surface area contributed by atoms with E-state index in [2.05, 4.69) is 14.9 Å². The third-order valence-corrected chi connectivity index (χ3v) is 6.18. The van der Waals surface area contributed by atoms with Gasteiger partial charge in [-0.2, -0.15) is 13.2 Å². The van der Waals surface area contributed by atoms with Crippen LogP contribution in [-0.2, 0) is 6.42 Å². The third kappa shape index (κ3) is 2.91. The fourth-order valence-electron chi connectivity index (χ4n) is 4.08. The minimum Gasteiger partial charge on any atom is -0.355 e. The number of aromatic nitrogens is 2. The number of fused-ring (bicyclic) bond motifs is 1. The number of thiophene rings is 1. The second-order valence-corrected chi connectivity index (χ2v) is 7.91.